The summed E-state index contributed by atoms with van der Waals surface area (Å²) >= 11 is 1.45. The third-order valence-electron chi connectivity index (χ3n) is 9.77. The van der Waals surface area contributed by atoms with Crippen molar-refractivity contribution in [3.63, 3.8) is 0 Å². The van der Waals surface area contributed by atoms with Crippen LogP contribution in [0.5, 0.6) is 0 Å². The molecule has 53 heavy (non-hydrogen) atoms. The van der Waals surface area contributed by atoms with Crippen molar-refractivity contribution in [3.05, 3.63) is 117 Å². The maximum absolute atomic E-state index is 13.9. The van der Waals surface area contributed by atoms with Gasteiger partial charge in [0, 0.05) is 41.6 Å². The van der Waals surface area contributed by atoms with Crippen molar-refractivity contribution >= 4 is 51.7 Å². The highest BCUT2D eigenvalue weighted by molar-refractivity contribution is 7.17. The molecule has 0 unspecified atom stereocenters. The van der Waals surface area contributed by atoms with Gasteiger partial charge in [-0.15, -0.1) is 11.3 Å². The smallest absolute Gasteiger partial charge is 0.335 e. The summed E-state index contributed by atoms with van der Waals surface area (Å²) in [6, 6.07) is 21.7. The van der Waals surface area contributed by atoms with Crippen LogP contribution in [0, 0.1) is 0 Å². The van der Waals surface area contributed by atoms with E-state index >= 15 is 0 Å². The predicted octanol–water partition coefficient (Wildman–Crippen LogP) is 8.39. The first-order chi connectivity index (χ1) is 25.6. The predicted molar refractivity (Wildman–Crippen MR) is 207 cm³/mol. The summed E-state index contributed by atoms with van der Waals surface area (Å²) in [4.78, 5) is 65.8. The Bertz CT molecular complexity index is 1930. The standard InChI is InChI=1S/C42H47N3O7S/c1-3-33(4-2)45(36(46)13-8-14-37(47)48)26-29-9-7-10-31(25-29)39(49)44-41-38(34-11-5-6-12-35(34)53-41)40(50)43-32-23-19-28(20-24-32)16-15-27-17-21-30(22-18-27)42(51)52/h7,9-10,17-25,33H,3-6,8,11-16,26H2,1-2H3,(H,43,50)(H,44,49)(H,47,48)(H,51,52). The van der Waals surface area contributed by atoms with E-state index < -0.39 is 11.9 Å². The highest BCUT2D eigenvalue weighted by Crippen LogP contribution is 2.39. The van der Waals surface area contributed by atoms with Crippen LogP contribution >= 0.6 is 11.3 Å². The van der Waals surface area contributed by atoms with E-state index in [1.165, 1.54) is 11.3 Å². The Morgan fingerprint density at radius 3 is 2.06 bits per heavy atom. The number of aromatic carboxylic acids is 1. The number of thiophene rings is 1. The number of carbonyl (C=O) groups is 5. The number of nitrogens with one attached hydrogen (secondary N) is 2. The normalized spacial score (nSPS) is 12.2. The lowest BCUT2D eigenvalue weighted by molar-refractivity contribution is -0.137. The number of carboxylic acid groups (broad SMARTS) is 2. The molecule has 4 N–H and O–H groups in total. The maximum atomic E-state index is 13.9. The van der Waals surface area contributed by atoms with Gasteiger partial charge in [-0.2, -0.15) is 0 Å². The first kappa shape index (κ1) is 38.9. The average Bonchev–Trinajstić information content (AvgIpc) is 3.52. The molecule has 0 fully saturated rings. The summed E-state index contributed by atoms with van der Waals surface area (Å²) < 4.78 is 0. The number of aliphatic carboxylic acids is 1. The van der Waals surface area contributed by atoms with Gasteiger partial charge in [-0.3, -0.25) is 19.2 Å². The van der Waals surface area contributed by atoms with E-state index in [0.717, 1.165) is 78.5 Å². The van der Waals surface area contributed by atoms with E-state index in [1.54, 1.807) is 35.2 Å². The molecule has 0 aliphatic heterocycles. The molecule has 4 aromatic rings. The molecule has 1 aliphatic carbocycles. The number of benzene rings is 3. The van der Waals surface area contributed by atoms with Crippen molar-refractivity contribution < 1.29 is 34.2 Å². The van der Waals surface area contributed by atoms with Gasteiger partial charge in [0.15, 0.2) is 0 Å². The summed E-state index contributed by atoms with van der Waals surface area (Å²) in [5, 5.41) is 24.7. The summed E-state index contributed by atoms with van der Waals surface area (Å²) in [7, 11) is 0. The number of aryl methyl sites for hydroxylation is 3. The SMILES string of the molecule is CCC(CC)N(Cc1cccc(C(=O)Nc2sc3c(c2C(=O)Nc2ccc(CCc4ccc(C(=O)O)cc4)cc2)CCCC3)c1)C(=O)CCCC(=O)O. The van der Waals surface area contributed by atoms with Crippen molar-refractivity contribution in [2.45, 2.75) is 97.1 Å². The summed E-state index contributed by atoms with van der Waals surface area (Å²) in [5.41, 5.74) is 5.71. The van der Waals surface area contributed by atoms with Gasteiger partial charge < -0.3 is 25.7 Å². The fourth-order valence-corrected chi connectivity index (χ4v) is 8.09. The second kappa shape index (κ2) is 18.5. The van der Waals surface area contributed by atoms with Gasteiger partial charge in [-0.05, 0) is 116 Å². The molecule has 1 aromatic heterocycles. The fourth-order valence-electron chi connectivity index (χ4n) is 6.81. The summed E-state index contributed by atoms with van der Waals surface area (Å²) in [6.07, 6.45) is 6.98. The molecule has 0 bridgehead atoms. The number of fused-ring (bicyclic) bond motifs is 1. The number of amides is 3. The van der Waals surface area contributed by atoms with Crippen LogP contribution in [0.3, 0.4) is 0 Å². The van der Waals surface area contributed by atoms with Gasteiger partial charge >= 0.3 is 11.9 Å². The number of hydrogen-bond donors (Lipinski definition) is 4. The van der Waals surface area contributed by atoms with E-state index in [9.17, 15) is 24.0 Å². The van der Waals surface area contributed by atoms with Crippen molar-refractivity contribution in [3.8, 4) is 0 Å². The molecule has 0 saturated carbocycles. The van der Waals surface area contributed by atoms with Crippen LogP contribution in [-0.2, 0) is 41.8 Å². The molecule has 5 rings (SSSR count). The van der Waals surface area contributed by atoms with Crippen LogP contribution in [0.25, 0.3) is 0 Å². The molecule has 11 heteroatoms. The minimum absolute atomic E-state index is 0.00972. The molecule has 3 aromatic carbocycles. The zero-order valence-electron chi connectivity index (χ0n) is 30.3. The van der Waals surface area contributed by atoms with Crippen molar-refractivity contribution in [2.24, 2.45) is 0 Å². The van der Waals surface area contributed by atoms with E-state index in [4.69, 9.17) is 10.2 Å². The number of carboxylic acids is 2. The molecular formula is C42H47N3O7S. The first-order valence-electron chi connectivity index (χ1n) is 18.3. The first-order valence-corrected chi connectivity index (χ1v) is 19.2. The fraction of sp³-hybridized carbons (Fsp3) is 0.357. The third-order valence-corrected chi connectivity index (χ3v) is 11.0. The van der Waals surface area contributed by atoms with Crippen LogP contribution in [0.4, 0.5) is 10.7 Å². The Hall–Kier alpha value is -5.29. The lowest BCUT2D eigenvalue weighted by atomic mass is 9.95. The van der Waals surface area contributed by atoms with Gasteiger partial charge in [-0.1, -0.05) is 50.2 Å². The second-order valence-electron chi connectivity index (χ2n) is 13.5. The quantitative estimate of drug-likeness (QED) is 0.0849. The Balaban J connectivity index is 1.27. The van der Waals surface area contributed by atoms with Gasteiger partial charge in [0.1, 0.15) is 5.00 Å². The summed E-state index contributed by atoms with van der Waals surface area (Å²) in [6.45, 7) is 4.35. The summed E-state index contributed by atoms with van der Waals surface area (Å²) in [5.74, 6) is -2.60. The topological polar surface area (TPSA) is 153 Å². The number of carbonyl (C=O) groups excluding carboxylic acids is 3. The lowest BCUT2D eigenvalue weighted by Gasteiger charge is -2.31. The molecule has 0 saturated heterocycles. The van der Waals surface area contributed by atoms with Gasteiger partial charge in [0.05, 0.1) is 11.1 Å². The molecule has 0 radical (unpaired) electrons. The maximum Gasteiger partial charge on any atom is 0.335 e. The Kier molecular flexibility index (Phi) is 13.6. The van der Waals surface area contributed by atoms with Gasteiger partial charge in [0.25, 0.3) is 11.8 Å². The van der Waals surface area contributed by atoms with Crippen LogP contribution in [-0.4, -0.2) is 50.8 Å². The molecule has 3 amide bonds. The van der Waals surface area contributed by atoms with E-state index in [0.29, 0.717) is 28.4 Å². The minimum Gasteiger partial charge on any atom is -0.481 e. The van der Waals surface area contributed by atoms with E-state index in [-0.39, 0.29) is 48.6 Å². The largest absolute Gasteiger partial charge is 0.481 e. The Morgan fingerprint density at radius 1 is 0.755 bits per heavy atom. The van der Waals surface area contributed by atoms with Crippen molar-refractivity contribution in [1.82, 2.24) is 4.90 Å². The van der Waals surface area contributed by atoms with Crippen LogP contribution in [0.15, 0.2) is 72.8 Å². The third kappa shape index (κ3) is 10.4. The van der Waals surface area contributed by atoms with E-state index in [2.05, 4.69) is 10.6 Å². The molecule has 10 nitrogen and oxygen atoms in total. The van der Waals surface area contributed by atoms with Gasteiger partial charge in [0.2, 0.25) is 5.91 Å². The van der Waals surface area contributed by atoms with Gasteiger partial charge in [-0.25, -0.2) is 4.79 Å². The number of rotatable bonds is 17. The van der Waals surface area contributed by atoms with Crippen molar-refractivity contribution in [2.75, 3.05) is 10.6 Å². The second-order valence-corrected chi connectivity index (χ2v) is 14.6. The minimum atomic E-state index is -0.948. The number of nitrogens with zero attached hydrogens (tertiary/aromatic N) is 1. The van der Waals surface area contributed by atoms with Crippen LogP contribution in [0.1, 0.15) is 117 Å². The number of hydrogen-bond acceptors (Lipinski definition) is 6. The Labute approximate surface area is 314 Å². The van der Waals surface area contributed by atoms with Crippen LogP contribution in [0.2, 0.25) is 0 Å². The molecule has 0 atom stereocenters. The Morgan fingerprint density at radius 2 is 1.42 bits per heavy atom. The molecule has 1 aliphatic rings. The highest BCUT2D eigenvalue weighted by atomic mass is 32.1. The van der Waals surface area contributed by atoms with Crippen molar-refractivity contribution in [1.29, 1.82) is 0 Å². The highest BCUT2D eigenvalue weighted by Gasteiger charge is 2.27. The van der Waals surface area contributed by atoms with Crippen LogP contribution < -0.4 is 10.6 Å². The zero-order chi connectivity index (χ0) is 37.9. The monoisotopic (exact) mass is 737 g/mol. The molecule has 0 spiro atoms. The molecule has 278 valence electrons. The number of anilines is 2. The molecule has 1 heterocycles. The zero-order valence-corrected chi connectivity index (χ0v) is 31.1. The lowest BCUT2D eigenvalue weighted by Crippen LogP contribution is -2.39. The molecular weight excluding hydrogens is 691 g/mol. The average molecular weight is 738 g/mol. The van der Waals surface area contributed by atoms with E-state index in [1.807, 2.05) is 56.3 Å².